The van der Waals surface area contributed by atoms with Crippen molar-refractivity contribution < 1.29 is 19.0 Å². The first kappa shape index (κ1) is 16.0. The van der Waals surface area contributed by atoms with Gasteiger partial charge >= 0.3 is 5.97 Å². The lowest BCUT2D eigenvalue weighted by Crippen LogP contribution is -2.08. The Morgan fingerprint density at radius 1 is 1.32 bits per heavy atom. The Bertz CT molecular complexity index is 637. The van der Waals surface area contributed by atoms with Crippen LogP contribution in [-0.2, 0) is 22.6 Å². The largest absolute Gasteiger partial charge is 0.496 e. The van der Waals surface area contributed by atoms with Gasteiger partial charge in [-0.1, -0.05) is 6.07 Å². The molecule has 6 heteroatoms. The standard InChI is InChI=1S/C16H20N2O4/c1-4-22-11-15-17-7-8-18(15)10-12-5-6-13(16(19)21-3)14(9-12)20-2/h5-9H,4,10-11H2,1-3H3. The predicted octanol–water partition coefficient (Wildman–Crippen LogP) is 2.26. The van der Waals surface area contributed by atoms with Crippen molar-refractivity contribution in [2.24, 2.45) is 0 Å². The summed E-state index contributed by atoms with van der Waals surface area (Å²) < 4.78 is 17.4. The fourth-order valence-electron chi connectivity index (χ4n) is 2.13. The lowest BCUT2D eigenvalue weighted by atomic mass is 10.1. The molecule has 0 aliphatic heterocycles. The van der Waals surface area contributed by atoms with E-state index in [1.165, 1.54) is 14.2 Å². The minimum absolute atomic E-state index is 0.411. The minimum Gasteiger partial charge on any atom is -0.496 e. The Balaban J connectivity index is 2.20. The predicted molar refractivity (Wildman–Crippen MR) is 81.0 cm³/mol. The highest BCUT2D eigenvalue weighted by atomic mass is 16.5. The average Bonchev–Trinajstić information content (AvgIpc) is 2.99. The molecule has 0 radical (unpaired) electrons. The number of carbonyl (C=O) groups excluding carboxylic acids is 1. The third kappa shape index (κ3) is 3.65. The first-order valence-electron chi connectivity index (χ1n) is 7.02. The summed E-state index contributed by atoms with van der Waals surface area (Å²) in [5, 5.41) is 0. The van der Waals surface area contributed by atoms with E-state index in [9.17, 15) is 4.79 Å². The van der Waals surface area contributed by atoms with Crippen LogP contribution in [0.5, 0.6) is 5.75 Å². The van der Waals surface area contributed by atoms with Crippen LogP contribution >= 0.6 is 0 Å². The van der Waals surface area contributed by atoms with Gasteiger partial charge < -0.3 is 18.8 Å². The Morgan fingerprint density at radius 3 is 2.82 bits per heavy atom. The molecule has 0 saturated carbocycles. The van der Waals surface area contributed by atoms with Gasteiger partial charge in [-0.15, -0.1) is 0 Å². The lowest BCUT2D eigenvalue weighted by molar-refractivity contribution is 0.0597. The Morgan fingerprint density at radius 2 is 2.14 bits per heavy atom. The lowest BCUT2D eigenvalue weighted by Gasteiger charge is -2.11. The van der Waals surface area contributed by atoms with Crippen molar-refractivity contribution in [1.82, 2.24) is 9.55 Å². The normalized spacial score (nSPS) is 10.5. The van der Waals surface area contributed by atoms with Crippen LogP contribution in [0.2, 0.25) is 0 Å². The minimum atomic E-state index is -0.414. The van der Waals surface area contributed by atoms with Gasteiger partial charge in [0.25, 0.3) is 0 Å². The highest BCUT2D eigenvalue weighted by Gasteiger charge is 2.13. The van der Waals surface area contributed by atoms with Crippen LogP contribution in [-0.4, -0.2) is 36.3 Å². The molecule has 0 atom stereocenters. The van der Waals surface area contributed by atoms with Gasteiger partial charge in [0.1, 0.15) is 23.7 Å². The van der Waals surface area contributed by atoms with Crippen molar-refractivity contribution in [2.75, 3.05) is 20.8 Å². The summed E-state index contributed by atoms with van der Waals surface area (Å²) >= 11 is 0. The Labute approximate surface area is 129 Å². The number of nitrogens with zero attached hydrogens (tertiary/aromatic N) is 2. The topological polar surface area (TPSA) is 62.6 Å². The van der Waals surface area contributed by atoms with Crippen LogP contribution in [0.3, 0.4) is 0 Å². The number of ether oxygens (including phenoxy) is 3. The molecular formula is C16H20N2O4. The third-order valence-corrected chi connectivity index (χ3v) is 3.26. The van der Waals surface area contributed by atoms with E-state index in [4.69, 9.17) is 14.2 Å². The second-order valence-corrected chi connectivity index (χ2v) is 4.63. The molecule has 22 heavy (non-hydrogen) atoms. The molecule has 0 amide bonds. The van der Waals surface area contributed by atoms with E-state index in [2.05, 4.69) is 4.98 Å². The SMILES string of the molecule is CCOCc1nccn1Cc1ccc(C(=O)OC)c(OC)c1. The molecule has 6 nitrogen and oxygen atoms in total. The molecule has 118 valence electrons. The van der Waals surface area contributed by atoms with E-state index in [1.807, 2.05) is 29.8 Å². The smallest absolute Gasteiger partial charge is 0.341 e. The van der Waals surface area contributed by atoms with Gasteiger partial charge in [0.2, 0.25) is 0 Å². The van der Waals surface area contributed by atoms with Crippen LogP contribution in [0.25, 0.3) is 0 Å². The summed E-state index contributed by atoms with van der Waals surface area (Å²) in [4.78, 5) is 15.9. The van der Waals surface area contributed by atoms with Crippen LogP contribution in [0, 0.1) is 0 Å². The maximum absolute atomic E-state index is 11.7. The summed E-state index contributed by atoms with van der Waals surface area (Å²) in [5.41, 5.74) is 1.41. The molecule has 2 aromatic rings. The Kier molecular flexibility index (Phi) is 5.55. The van der Waals surface area contributed by atoms with E-state index >= 15 is 0 Å². The van der Waals surface area contributed by atoms with E-state index in [1.54, 1.807) is 12.3 Å². The third-order valence-electron chi connectivity index (χ3n) is 3.26. The highest BCUT2D eigenvalue weighted by Crippen LogP contribution is 2.22. The fraction of sp³-hybridized carbons (Fsp3) is 0.375. The molecule has 0 unspecified atom stereocenters. The molecule has 0 aliphatic rings. The van der Waals surface area contributed by atoms with Crippen molar-refractivity contribution in [3.8, 4) is 5.75 Å². The molecule has 0 fully saturated rings. The summed E-state index contributed by atoms with van der Waals surface area (Å²) in [7, 11) is 2.88. The summed E-state index contributed by atoms with van der Waals surface area (Å²) in [6.07, 6.45) is 3.64. The summed E-state index contributed by atoms with van der Waals surface area (Å²) in [5.74, 6) is 0.941. The maximum Gasteiger partial charge on any atom is 0.341 e. The average molecular weight is 304 g/mol. The van der Waals surface area contributed by atoms with E-state index in [0.717, 1.165) is 11.4 Å². The molecule has 0 bridgehead atoms. The van der Waals surface area contributed by atoms with Crippen LogP contribution in [0.15, 0.2) is 30.6 Å². The van der Waals surface area contributed by atoms with E-state index in [0.29, 0.717) is 31.1 Å². The first-order chi connectivity index (χ1) is 10.7. The number of methoxy groups -OCH3 is 2. The zero-order chi connectivity index (χ0) is 15.9. The van der Waals surface area contributed by atoms with E-state index < -0.39 is 5.97 Å². The second kappa shape index (κ2) is 7.61. The zero-order valence-corrected chi connectivity index (χ0v) is 13.0. The van der Waals surface area contributed by atoms with Gasteiger partial charge in [-0.05, 0) is 24.6 Å². The number of benzene rings is 1. The van der Waals surface area contributed by atoms with Crippen molar-refractivity contribution in [3.63, 3.8) is 0 Å². The zero-order valence-electron chi connectivity index (χ0n) is 13.0. The number of esters is 1. The number of carbonyl (C=O) groups is 1. The number of hydrogen-bond donors (Lipinski definition) is 0. The van der Waals surface area contributed by atoms with E-state index in [-0.39, 0.29) is 0 Å². The molecule has 0 saturated heterocycles. The Hall–Kier alpha value is -2.34. The van der Waals surface area contributed by atoms with Gasteiger partial charge in [0.15, 0.2) is 0 Å². The number of aromatic nitrogens is 2. The van der Waals surface area contributed by atoms with Crippen molar-refractivity contribution in [2.45, 2.75) is 20.1 Å². The summed E-state index contributed by atoms with van der Waals surface area (Å²) in [6, 6.07) is 5.41. The highest BCUT2D eigenvalue weighted by molar-refractivity contribution is 5.92. The first-order valence-corrected chi connectivity index (χ1v) is 7.02. The van der Waals surface area contributed by atoms with Crippen molar-refractivity contribution in [1.29, 1.82) is 0 Å². The van der Waals surface area contributed by atoms with Crippen LogP contribution in [0.1, 0.15) is 28.7 Å². The van der Waals surface area contributed by atoms with Gasteiger partial charge in [0.05, 0.1) is 14.2 Å². The van der Waals surface area contributed by atoms with Gasteiger partial charge in [-0.3, -0.25) is 0 Å². The molecule has 1 aromatic heterocycles. The molecule has 0 N–H and O–H groups in total. The monoisotopic (exact) mass is 304 g/mol. The number of hydrogen-bond acceptors (Lipinski definition) is 5. The maximum atomic E-state index is 11.7. The molecule has 2 rings (SSSR count). The van der Waals surface area contributed by atoms with Crippen molar-refractivity contribution >= 4 is 5.97 Å². The fourth-order valence-corrected chi connectivity index (χ4v) is 2.13. The van der Waals surface area contributed by atoms with Crippen LogP contribution < -0.4 is 4.74 Å². The molecule has 1 aromatic carbocycles. The summed E-state index contributed by atoms with van der Waals surface area (Å²) in [6.45, 7) is 3.69. The molecule has 0 aliphatic carbocycles. The second-order valence-electron chi connectivity index (χ2n) is 4.63. The van der Waals surface area contributed by atoms with Crippen LogP contribution in [0.4, 0.5) is 0 Å². The molecular weight excluding hydrogens is 284 g/mol. The number of rotatable bonds is 7. The molecule has 1 heterocycles. The number of imidazole rings is 1. The van der Waals surface area contributed by atoms with Crippen molar-refractivity contribution in [3.05, 3.63) is 47.5 Å². The van der Waals surface area contributed by atoms with Gasteiger partial charge in [-0.2, -0.15) is 0 Å². The molecule has 0 spiro atoms. The van der Waals surface area contributed by atoms with Gasteiger partial charge in [-0.25, -0.2) is 9.78 Å². The van der Waals surface area contributed by atoms with Gasteiger partial charge in [0, 0.05) is 25.5 Å². The quantitative estimate of drug-likeness (QED) is 0.734.